The quantitative estimate of drug-likeness (QED) is 0.928. The van der Waals surface area contributed by atoms with Crippen molar-refractivity contribution in [3.05, 3.63) is 40.9 Å². The molecule has 1 aliphatic heterocycles. The highest BCUT2D eigenvalue weighted by Crippen LogP contribution is 2.38. The van der Waals surface area contributed by atoms with Gasteiger partial charge in [-0.1, -0.05) is 18.2 Å². The van der Waals surface area contributed by atoms with E-state index in [9.17, 15) is 4.79 Å². The number of carbonyl (C=O) groups is 1. The molecule has 1 aromatic heterocycles. The molecule has 2 heterocycles. The number of thiazole rings is 1. The predicted molar refractivity (Wildman–Crippen MR) is 93.2 cm³/mol. The van der Waals surface area contributed by atoms with E-state index in [0.29, 0.717) is 6.42 Å². The van der Waals surface area contributed by atoms with Crippen molar-refractivity contribution in [1.29, 1.82) is 5.26 Å². The summed E-state index contributed by atoms with van der Waals surface area (Å²) in [4.78, 5) is 23.3. The number of amides is 1. The van der Waals surface area contributed by atoms with Gasteiger partial charge in [0.1, 0.15) is 10.5 Å². The summed E-state index contributed by atoms with van der Waals surface area (Å²) in [5, 5.41) is 9.67. The molecule has 0 fully saturated rings. The van der Waals surface area contributed by atoms with Crippen LogP contribution in [0.5, 0.6) is 0 Å². The molecule has 24 heavy (non-hydrogen) atoms. The minimum atomic E-state index is -0.687. The highest BCUT2D eigenvalue weighted by atomic mass is 32.1. The molecule has 0 saturated heterocycles. The fourth-order valence-corrected chi connectivity index (χ4v) is 3.61. The van der Waals surface area contributed by atoms with Gasteiger partial charge in [0, 0.05) is 18.8 Å². The van der Waals surface area contributed by atoms with Crippen LogP contribution in [-0.4, -0.2) is 28.8 Å². The number of nitrogens with two attached hydrogens (primary N) is 1. The Kier molecular flexibility index (Phi) is 4.08. The summed E-state index contributed by atoms with van der Waals surface area (Å²) in [5.41, 5.74) is 7.09. The molecule has 0 saturated carbocycles. The van der Waals surface area contributed by atoms with Crippen molar-refractivity contribution >= 4 is 23.2 Å². The SMILES string of the molecule is CN1C(=O)C[C@@](C)(c2cnc(-c3cccc(CC#N)c3)s2)N=C1N. The van der Waals surface area contributed by atoms with Crippen LogP contribution in [0, 0.1) is 11.3 Å². The zero-order valence-electron chi connectivity index (χ0n) is 13.5. The van der Waals surface area contributed by atoms with Gasteiger partial charge in [0.15, 0.2) is 5.96 Å². The number of hydrogen-bond acceptors (Lipinski definition) is 6. The van der Waals surface area contributed by atoms with Gasteiger partial charge < -0.3 is 5.73 Å². The first kappa shape index (κ1) is 16.1. The second-order valence-electron chi connectivity index (χ2n) is 5.94. The Morgan fingerprint density at radius 2 is 2.29 bits per heavy atom. The smallest absolute Gasteiger partial charge is 0.231 e. The second kappa shape index (κ2) is 6.06. The first-order chi connectivity index (χ1) is 11.4. The lowest BCUT2D eigenvalue weighted by molar-refractivity contribution is -0.128. The largest absolute Gasteiger partial charge is 0.369 e. The van der Waals surface area contributed by atoms with Gasteiger partial charge in [-0.25, -0.2) is 9.98 Å². The van der Waals surface area contributed by atoms with Gasteiger partial charge in [-0.3, -0.25) is 9.69 Å². The van der Waals surface area contributed by atoms with Gasteiger partial charge in [0.2, 0.25) is 5.91 Å². The first-order valence-corrected chi connectivity index (χ1v) is 8.29. The van der Waals surface area contributed by atoms with E-state index in [1.165, 1.54) is 16.2 Å². The molecule has 0 aliphatic carbocycles. The average Bonchev–Trinajstić information content (AvgIpc) is 3.04. The zero-order chi connectivity index (χ0) is 17.3. The lowest BCUT2D eigenvalue weighted by Gasteiger charge is -2.32. The Morgan fingerprint density at radius 3 is 3.00 bits per heavy atom. The van der Waals surface area contributed by atoms with Gasteiger partial charge in [-0.05, 0) is 18.6 Å². The summed E-state index contributed by atoms with van der Waals surface area (Å²) in [6, 6.07) is 9.91. The molecule has 1 aliphatic rings. The molecule has 1 amide bonds. The van der Waals surface area contributed by atoms with E-state index in [-0.39, 0.29) is 18.3 Å². The van der Waals surface area contributed by atoms with E-state index in [4.69, 9.17) is 11.0 Å². The maximum atomic E-state index is 12.1. The van der Waals surface area contributed by atoms with E-state index in [1.807, 2.05) is 31.2 Å². The maximum absolute atomic E-state index is 12.1. The molecule has 2 N–H and O–H groups in total. The third kappa shape index (κ3) is 2.88. The summed E-state index contributed by atoms with van der Waals surface area (Å²) in [5.74, 6) is 0.163. The van der Waals surface area contributed by atoms with Gasteiger partial charge in [0.25, 0.3) is 0 Å². The van der Waals surface area contributed by atoms with Crippen LogP contribution in [0.15, 0.2) is 35.5 Å². The van der Waals surface area contributed by atoms with Crippen LogP contribution in [0.25, 0.3) is 10.6 Å². The van der Waals surface area contributed by atoms with Crippen molar-refractivity contribution in [1.82, 2.24) is 9.88 Å². The molecular weight excluding hydrogens is 322 g/mol. The van der Waals surface area contributed by atoms with Crippen LogP contribution < -0.4 is 5.73 Å². The Labute approximate surface area is 144 Å². The third-order valence-corrected chi connectivity index (χ3v) is 5.37. The van der Waals surface area contributed by atoms with E-state index in [2.05, 4.69) is 16.0 Å². The lowest BCUT2D eigenvalue weighted by Crippen LogP contribution is -2.47. The zero-order valence-corrected chi connectivity index (χ0v) is 14.3. The molecule has 6 nitrogen and oxygen atoms in total. The first-order valence-electron chi connectivity index (χ1n) is 7.47. The topological polar surface area (TPSA) is 95.4 Å². The molecule has 0 radical (unpaired) electrons. The fourth-order valence-electron chi connectivity index (χ4n) is 2.61. The number of nitrogens with zero attached hydrogens (tertiary/aromatic N) is 4. The minimum Gasteiger partial charge on any atom is -0.369 e. The molecule has 2 aromatic rings. The number of nitriles is 1. The van der Waals surface area contributed by atoms with Crippen LogP contribution >= 0.6 is 11.3 Å². The lowest BCUT2D eigenvalue weighted by atomic mass is 9.95. The predicted octanol–water partition coefficient (Wildman–Crippen LogP) is 2.27. The highest BCUT2D eigenvalue weighted by Gasteiger charge is 2.37. The number of aromatic nitrogens is 1. The Balaban J connectivity index is 1.95. The van der Waals surface area contributed by atoms with Crippen LogP contribution in [0.2, 0.25) is 0 Å². The van der Waals surface area contributed by atoms with Crippen LogP contribution in [-0.2, 0) is 16.8 Å². The molecule has 7 heteroatoms. The molecule has 0 unspecified atom stereocenters. The summed E-state index contributed by atoms with van der Waals surface area (Å²) in [7, 11) is 1.62. The molecule has 0 spiro atoms. The fraction of sp³-hybridized carbons (Fsp3) is 0.294. The molecule has 3 rings (SSSR count). The minimum absolute atomic E-state index is 0.0593. The molecular formula is C17H17N5OS. The standard InChI is InChI=1S/C17H17N5OS/c1-17(9-14(23)22(2)16(19)21-17)13-10-20-15(24-13)12-5-3-4-11(8-12)6-7-18/h3-5,8,10H,6,9H2,1-2H3,(H2,19,21)/t17-/m0/s1. The number of benzene rings is 1. The summed E-state index contributed by atoms with van der Waals surface area (Å²) in [6.45, 7) is 1.90. The summed E-state index contributed by atoms with van der Waals surface area (Å²) >= 11 is 1.50. The van der Waals surface area contributed by atoms with Crippen LogP contribution in [0.3, 0.4) is 0 Å². The number of hydrogen-bond donors (Lipinski definition) is 1. The summed E-state index contributed by atoms with van der Waals surface area (Å²) < 4.78 is 0. The Hall–Kier alpha value is -2.72. The molecule has 0 bridgehead atoms. The monoisotopic (exact) mass is 339 g/mol. The van der Waals surface area contributed by atoms with E-state index >= 15 is 0 Å². The van der Waals surface area contributed by atoms with Crippen molar-refractivity contribution in [2.24, 2.45) is 10.7 Å². The van der Waals surface area contributed by atoms with Gasteiger partial charge in [-0.15, -0.1) is 11.3 Å². The molecule has 1 aromatic carbocycles. The second-order valence-corrected chi connectivity index (χ2v) is 6.97. The number of aliphatic imine (C=N–C) groups is 1. The van der Waals surface area contributed by atoms with E-state index in [0.717, 1.165) is 21.0 Å². The Bertz CT molecular complexity index is 866. The van der Waals surface area contributed by atoms with Crippen molar-refractivity contribution in [2.45, 2.75) is 25.3 Å². The van der Waals surface area contributed by atoms with Gasteiger partial charge >= 0.3 is 0 Å². The average molecular weight is 339 g/mol. The number of guanidine groups is 1. The van der Waals surface area contributed by atoms with Gasteiger partial charge in [-0.2, -0.15) is 5.26 Å². The third-order valence-electron chi connectivity index (χ3n) is 4.07. The van der Waals surface area contributed by atoms with Crippen LogP contribution in [0.1, 0.15) is 23.8 Å². The van der Waals surface area contributed by atoms with Crippen molar-refractivity contribution < 1.29 is 4.79 Å². The van der Waals surface area contributed by atoms with E-state index < -0.39 is 5.54 Å². The molecule has 122 valence electrons. The highest BCUT2D eigenvalue weighted by molar-refractivity contribution is 7.15. The van der Waals surface area contributed by atoms with Crippen molar-refractivity contribution in [3.63, 3.8) is 0 Å². The van der Waals surface area contributed by atoms with Crippen molar-refractivity contribution in [3.8, 4) is 16.6 Å². The maximum Gasteiger partial charge on any atom is 0.231 e. The number of carbonyl (C=O) groups excluding carboxylic acids is 1. The molecule has 1 atom stereocenters. The van der Waals surface area contributed by atoms with E-state index in [1.54, 1.807) is 13.2 Å². The van der Waals surface area contributed by atoms with Crippen molar-refractivity contribution in [2.75, 3.05) is 7.05 Å². The van der Waals surface area contributed by atoms with Crippen LogP contribution in [0.4, 0.5) is 0 Å². The Morgan fingerprint density at radius 1 is 1.50 bits per heavy atom. The number of rotatable bonds is 3. The normalized spacial score (nSPS) is 20.6. The summed E-state index contributed by atoms with van der Waals surface area (Å²) in [6.07, 6.45) is 2.39. The van der Waals surface area contributed by atoms with Gasteiger partial charge in [0.05, 0.1) is 23.8 Å².